The average Bonchev–Trinajstić information content (AvgIpc) is 2.30. The summed E-state index contributed by atoms with van der Waals surface area (Å²) >= 11 is 0. The maximum absolute atomic E-state index is 3.27. The first-order chi connectivity index (χ1) is 7.52. The molecule has 0 unspecified atom stereocenters. The number of hydrogen-bond acceptors (Lipinski definition) is 1. The van der Waals surface area contributed by atoms with E-state index in [9.17, 15) is 0 Å². The molecular weight excluding hydrogens is 196 g/mol. The van der Waals surface area contributed by atoms with Crippen molar-refractivity contribution in [3.05, 3.63) is 0 Å². The molecule has 0 bridgehead atoms. The van der Waals surface area contributed by atoms with E-state index in [0.717, 1.165) is 6.54 Å². The molecule has 0 saturated carbocycles. The van der Waals surface area contributed by atoms with Gasteiger partial charge in [0.2, 0.25) is 0 Å². The maximum atomic E-state index is 3.27. The van der Waals surface area contributed by atoms with E-state index >= 15 is 0 Å². The third-order valence-electron chi connectivity index (χ3n) is 4.25. The third-order valence-corrected chi connectivity index (χ3v) is 4.25. The molecule has 0 atom stereocenters. The average molecular weight is 229 g/mol. The molecular formula is C14H33N2+. The summed E-state index contributed by atoms with van der Waals surface area (Å²) in [6.45, 7) is 12.7. The van der Waals surface area contributed by atoms with Crippen LogP contribution in [0.15, 0.2) is 0 Å². The Morgan fingerprint density at radius 2 is 1.56 bits per heavy atom. The van der Waals surface area contributed by atoms with Crippen LogP contribution in [0.25, 0.3) is 0 Å². The Morgan fingerprint density at radius 1 is 1.06 bits per heavy atom. The number of piperidine rings is 1. The first-order valence-corrected chi connectivity index (χ1v) is 7.01. The second-order valence-electron chi connectivity index (χ2n) is 5.57. The van der Waals surface area contributed by atoms with Gasteiger partial charge >= 0.3 is 0 Å². The molecule has 1 heterocycles. The van der Waals surface area contributed by atoms with Crippen molar-refractivity contribution in [1.29, 1.82) is 0 Å². The molecule has 1 rings (SSSR count). The summed E-state index contributed by atoms with van der Waals surface area (Å²) in [4.78, 5) is 0. The Hall–Kier alpha value is -0.0800. The smallest absolute Gasteiger partial charge is 0.0945 e. The van der Waals surface area contributed by atoms with Gasteiger partial charge in [-0.25, -0.2) is 0 Å². The fourth-order valence-corrected chi connectivity index (χ4v) is 2.52. The molecule has 0 aliphatic carbocycles. The zero-order valence-electron chi connectivity index (χ0n) is 12.4. The minimum atomic E-state index is 0.434. The van der Waals surface area contributed by atoms with Gasteiger partial charge in [-0.15, -0.1) is 0 Å². The fourth-order valence-electron chi connectivity index (χ4n) is 2.52. The molecule has 1 aliphatic heterocycles. The SMILES string of the molecule is CC.CNCCC(C)(C)[N+]1(C)CCCCC1. The van der Waals surface area contributed by atoms with Crippen LogP contribution in [0.5, 0.6) is 0 Å². The van der Waals surface area contributed by atoms with E-state index in [4.69, 9.17) is 0 Å². The quantitative estimate of drug-likeness (QED) is 0.731. The standard InChI is InChI=1S/C12H27N2.C2H6/c1-12(2,8-9-13-3)14(4)10-6-5-7-11-14;1-2/h13H,5-11H2,1-4H3;1-2H3/q+1;. The molecule has 1 aliphatic rings. The van der Waals surface area contributed by atoms with Gasteiger partial charge in [0.15, 0.2) is 0 Å². The lowest BCUT2D eigenvalue weighted by Gasteiger charge is -2.50. The van der Waals surface area contributed by atoms with Crippen LogP contribution in [-0.4, -0.2) is 43.8 Å². The summed E-state index contributed by atoms with van der Waals surface area (Å²) in [6, 6.07) is 0. The second-order valence-corrected chi connectivity index (χ2v) is 5.57. The van der Waals surface area contributed by atoms with E-state index < -0.39 is 0 Å². The lowest BCUT2D eigenvalue weighted by Crippen LogP contribution is -2.61. The van der Waals surface area contributed by atoms with Crippen LogP contribution in [0.4, 0.5) is 0 Å². The molecule has 0 aromatic carbocycles. The Kier molecular flexibility index (Phi) is 7.25. The number of rotatable bonds is 4. The minimum absolute atomic E-state index is 0.434. The zero-order chi connectivity index (χ0) is 12.7. The van der Waals surface area contributed by atoms with Gasteiger partial charge in [-0.3, -0.25) is 0 Å². The molecule has 98 valence electrons. The van der Waals surface area contributed by atoms with Gasteiger partial charge in [-0.05, 0) is 40.2 Å². The van der Waals surface area contributed by atoms with Crippen LogP contribution in [0.3, 0.4) is 0 Å². The van der Waals surface area contributed by atoms with E-state index in [1.807, 2.05) is 20.9 Å². The number of quaternary nitrogens is 1. The summed E-state index contributed by atoms with van der Waals surface area (Å²) in [5.74, 6) is 0. The van der Waals surface area contributed by atoms with Gasteiger partial charge < -0.3 is 9.80 Å². The van der Waals surface area contributed by atoms with Crippen LogP contribution in [0.2, 0.25) is 0 Å². The van der Waals surface area contributed by atoms with Crippen molar-refractivity contribution < 1.29 is 4.48 Å². The lowest BCUT2D eigenvalue weighted by atomic mass is 9.91. The highest BCUT2D eigenvalue weighted by atomic mass is 15.4. The predicted octanol–water partition coefficient (Wildman–Crippen LogP) is 3.03. The first-order valence-electron chi connectivity index (χ1n) is 7.01. The molecule has 2 nitrogen and oxygen atoms in total. The minimum Gasteiger partial charge on any atom is -0.322 e. The maximum Gasteiger partial charge on any atom is 0.0945 e. The van der Waals surface area contributed by atoms with Crippen LogP contribution in [-0.2, 0) is 0 Å². The second kappa shape index (κ2) is 7.29. The Labute approximate surface area is 103 Å². The monoisotopic (exact) mass is 229 g/mol. The van der Waals surface area contributed by atoms with Crippen LogP contribution in [0, 0.1) is 0 Å². The molecule has 1 fully saturated rings. The molecule has 0 amide bonds. The predicted molar refractivity (Wildman–Crippen MR) is 73.7 cm³/mol. The van der Waals surface area contributed by atoms with Gasteiger partial charge in [0.1, 0.15) is 0 Å². The van der Waals surface area contributed by atoms with Crippen molar-refractivity contribution in [2.45, 2.75) is 58.9 Å². The van der Waals surface area contributed by atoms with Crippen molar-refractivity contribution in [1.82, 2.24) is 5.32 Å². The zero-order valence-corrected chi connectivity index (χ0v) is 12.4. The molecule has 0 radical (unpaired) electrons. The van der Waals surface area contributed by atoms with Crippen molar-refractivity contribution in [3.8, 4) is 0 Å². The highest BCUT2D eigenvalue weighted by molar-refractivity contribution is 4.73. The molecule has 1 saturated heterocycles. The van der Waals surface area contributed by atoms with Gasteiger partial charge in [0, 0.05) is 13.0 Å². The van der Waals surface area contributed by atoms with Gasteiger partial charge in [-0.2, -0.15) is 0 Å². The van der Waals surface area contributed by atoms with Crippen molar-refractivity contribution in [2.75, 3.05) is 33.7 Å². The highest BCUT2D eigenvalue weighted by Gasteiger charge is 2.40. The summed E-state index contributed by atoms with van der Waals surface area (Å²) in [5.41, 5.74) is 0.434. The summed E-state index contributed by atoms with van der Waals surface area (Å²) in [7, 11) is 4.49. The van der Waals surface area contributed by atoms with E-state index in [1.54, 1.807) is 0 Å². The summed E-state index contributed by atoms with van der Waals surface area (Å²) in [6.07, 6.45) is 5.55. The summed E-state index contributed by atoms with van der Waals surface area (Å²) < 4.78 is 1.27. The number of likely N-dealkylation sites (tertiary alicyclic amines) is 1. The molecule has 0 aromatic rings. The van der Waals surface area contributed by atoms with Crippen LogP contribution >= 0.6 is 0 Å². The van der Waals surface area contributed by atoms with Gasteiger partial charge in [0.25, 0.3) is 0 Å². The van der Waals surface area contributed by atoms with Crippen LogP contribution in [0.1, 0.15) is 53.4 Å². The topological polar surface area (TPSA) is 12.0 Å². The van der Waals surface area contributed by atoms with Gasteiger partial charge in [-0.1, -0.05) is 13.8 Å². The molecule has 1 N–H and O–H groups in total. The molecule has 0 aromatic heterocycles. The molecule has 0 spiro atoms. The Bertz CT molecular complexity index is 170. The Balaban J connectivity index is 0.00000106. The normalized spacial score (nSPS) is 19.9. The van der Waals surface area contributed by atoms with E-state index in [2.05, 4.69) is 26.2 Å². The van der Waals surface area contributed by atoms with E-state index in [0.29, 0.717) is 5.54 Å². The van der Waals surface area contributed by atoms with Crippen molar-refractivity contribution >= 4 is 0 Å². The van der Waals surface area contributed by atoms with Gasteiger partial charge in [0.05, 0.1) is 25.7 Å². The number of nitrogens with zero attached hydrogens (tertiary/aromatic N) is 1. The fraction of sp³-hybridized carbons (Fsp3) is 1.00. The van der Waals surface area contributed by atoms with E-state index in [-0.39, 0.29) is 0 Å². The van der Waals surface area contributed by atoms with Crippen molar-refractivity contribution in [3.63, 3.8) is 0 Å². The largest absolute Gasteiger partial charge is 0.322 e. The van der Waals surface area contributed by atoms with Crippen LogP contribution < -0.4 is 5.32 Å². The van der Waals surface area contributed by atoms with E-state index in [1.165, 1.54) is 43.3 Å². The number of hydrogen-bond donors (Lipinski definition) is 1. The lowest BCUT2D eigenvalue weighted by molar-refractivity contribution is -0.959. The highest BCUT2D eigenvalue weighted by Crippen LogP contribution is 2.30. The first kappa shape index (κ1) is 15.9. The van der Waals surface area contributed by atoms with Crippen molar-refractivity contribution in [2.24, 2.45) is 0 Å². The molecule has 2 heteroatoms. The molecule has 16 heavy (non-hydrogen) atoms. The Morgan fingerprint density at radius 3 is 2.00 bits per heavy atom. The third kappa shape index (κ3) is 4.06. The summed E-state index contributed by atoms with van der Waals surface area (Å²) in [5, 5.41) is 3.27. The number of nitrogens with one attached hydrogen (secondary N) is 1.